The van der Waals surface area contributed by atoms with E-state index in [-0.39, 0.29) is 0 Å². The van der Waals surface area contributed by atoms with E-state index in [1.165, 1.54) is 15.6 Å². The molecule has 0 aliphatic carbocycles. The number of fused-ring (bicyclic) bond motifs is 1. The van der Waals surface area contributed by atoms with Crippen LogP contribution in [-0.4, -0.2) is 72.3 Å². The molecule has 0 amide bonds. The fraction of sp³-hybridized carbons (Fsp3) is 0.526. The summed E-state index contributed by atoms with van der Waals surface area (Å²) in [4.78, 5) is 14.8. The van der Waals surface area contributed by atoms with Crippen LogP contribution >= 0.6 is 11.3 Å². The molecule has 9 heteroatoms. The van der Waals surface area contributed by atoms with Crippen molar-refractivity contribution >= 4 is 37.6 Å². The molecule has 0 saturated carbocycles. The van der Waals surface area contributed by atoms with Crippen LogP contribution in [-0.2, 0) is 15.0 Å². The Morgan fingerprint density at radius 1 is 0.964 bits per heavy atom. The Bertz CT molecular complexity index is 920. The third kappa shape index (κ3) is 3.81. The van der Waals surface area contributed by atoms with E-state index in [1.807, 2.05) is 35.2 Å². The average Bonchev–Trinajstić information content (AvgIpc) is 3.28. The van der Waals surface area contributed by atoms with Gasteiger partial charge in [0.05, 0.1) is 0 Å². The molecule has 2 saturated heterocycles. The minimum absolute atomic E-state index is 0.327. The van der Waals surface area contributed by atoms with Gasteiger partial charge in [-0.15, -0.1) is 11.3 Å². The van der Waals surface area contributed by atoms with Crippen LogP contribution in [0.2, 0.25) is 0 Å². The van der Waals surface area contributed by atoms with Crippen molar-refractivity contribution in [2.45, 2.75) is 25.3 Å². The highest BCUT2D eigenvalue weighted by atomic mass is 32.2. The largest absolute Gasteiger partial charge is 0.480 e. The second-order valence-corrected chi connectivity index (χ2v) is 10.4. The van der Waals surface area contributed by atoms with E-state index in [0.29, 0.717) is 45.7 Å². The Hall–Kier alpha value is -1.52. The smallest absolute Gasteiger partial charge is 0.326 e. The topological polar surface area (TPSA) is 81.2 Å². The molecule has 152 valence electrons. The van der Waals surface area contributed by atoms with Crippen molar-refractivity contribution in [3.8, 4) is 0 Å². The summed E-state index contributed by atoms with van der Waals surface area (Å²) >= 11 is 1.50. The Morgan fingerprint density at radius 3 is 2.36 bits per heavy atom. The van der Waals surface area contributed by atoms with Gasteiger partial charge in [0.1, 0.15) is 6.04 Å². The van der Waals surface area contributed by atoms with E-state index in [0.717, 1.165) is 27.8 Å². The van der Waals surface area contributed by atoms with Crippen molar-refractivity contribution in [1.82, 2.24) is 13.5 Å². The molecule has 0 radical (unpaired) electrons. The fourth-order valence-corrected chi connectivity index (χ4v) is 6.99. The number of hydrogen-bond acceptors (Lipinski definition) is 5. The number of nitrogens with zero attached hydrogens (tertiary/aromatic N) is 3. The lowest BCUT2D eigenvalue weighted by atomic mass is 10.1. The number of carboxylic acid groups (broad SMARTS) is 1. The molecule has 1 aromatic carbocycles. The van der Waals surface area contributed by atoms with Crippen LogP contribution in [0.4, 0.5) is 0 Å². The van der Waals surface area contributed by atoms with Crippen molar-refractivity contribution in [2.24, 2.45) is 0 Å². The van der Waals surface area contributed by atoms with Crippen LogP contribution in [0.1, 0.15) is 30.2 Å². The first-order chi connectivity index (χ1) is 13.5. The summed E-state index contributed by atoms with van der Waals surface area (Å²) in [6, 6.07) is 9.08. The third-order valence-corrected chi connectivity index (χ3v) is 8.72. The molecule has 1 atom stereocenters. The highest BCUT2D eigenvalue weighted by Crippen LogP contribution is 2.33. The van der Waals surface area contributed by atoms with Crippen LogP contribution in [0.15, 0.2) is 30.3 Å². The second kappa shape index (κ2) is 8.08. The van der Waals surface area contributed by atoms with E-state index in [1.54, 1.807) is 4.31 Å². The summed E-state index contributed by atoms with van der Waals surface area (Å²) in [6.07, 6.45) is 2.44. The summed E-state index contributed by atoms with van der Waals surface area (Å²) < 4.78 is 29.9. The molecule has 0 spiro atoms. The van der Waals surface area contributed by atoms with Crippen molar-refractivity contribution in [2.75, 3.05) is 39.3 Å². The normalized spacial score (nSPS) is 21.7. The van der Waals surface area contributed by atoms with E-state index in [9.17, 15) is 18.3 Å². The van der Waals surface area contributed by atoms with Crippen molar-refractivity contribution in [1.29, 1.82) is 0 Å². The first kappa shape index (κ1) is 19.8. The first-order valence-corrected chi connectivity index (χ1v) is 11.9. The zero-order chi connectivity index (χ0) is 19.7. The SMILES string of the molecule is O=C(O)C(c1cc2ccccc2s1)N1CCCN(S(=O)(=O)N2CCCC2)CC1. The molecule has 3 heterocycles. The van der Waals surface area contributed by atoms with E-state index < -0.39 is 22.2 Å². The van der Waals surface area contributed by atoms with Crippen molar-refractivity contribution in [3.05, 3.63) is 35.2 Å². The molecule has 4 rings (SSSR count). The highest BCUT2D eigenvalue weighted by molar-refractivity contribution is 7.86. The molecule has 2 aliphatic heterocycles. The van der Waals surface area contributed by atoms with Crippen LogP contribution in [0.3, 0.4) is 0 Å². The van der Waals surface area contributed by atoms with E-state index in [2.05, 4.69) is 0 Å². The van der Waals surface area contributed by atoms with Crippen molar-refractivity contribution in [3.63, 3.8) is 0 Å². The van der Waals surface area contributed by atoms with Crippen LogP contribution in [0, 0.1) is 0 Å². The maximum Gasteiger partial charge on any atom is 0.326 e. The average molecular weight is 424 g/mol. The van der Waals surface area contributed by atoms with E-state index >= 15 is 0 Å². The number of aliphatic carboxylic acids is 1. The lowest BCUT2D eigenvalue weighted by molar-refractivity contribution is -0.143. The van der Waals surface area contributed by atoms with Crippen LogP contribution in [0.5, 0.6) is 0 Å². The molecule has 28 heavy (non-hydrogen) atoms. The quantitative estimate of drug-likeness (QED) is 0.799. The summed E-state index contributed by atoms with van der Waals surface area (Å²) in [7, 11) is -3.44. The number of carbonyl (C=O) groups is 1. The molecule has 2 fully saturated rings. The lowest BCUT2D eigenvalue weighted by Crippen LogP contribution is -2.44. The predicted octanol–water partition coefficient (Wildman–Crippen LogP) is 2.38. The zero-order valence-corrected chi connectivity index (χ0v) is 17.3. The van der Waals surface area contributed by atoms with Gasteiger partial charge in [-0.1, -0.05) is 18.2 Å². The van der Waals surface area contributed by atoms with Gasteiger partial charge in [-0.3, -0.25) is 9.69 Å². The Morgan fingerprint density at radius 2 is 1.64 bits per heavy atom. The van der Waals surface area contributed by atoms with Crippen LogP contribution < -0.4 is 0 Å². The molecule has 0 bridgehead atoms. The van der Waals surface area contributed by atoms with E-state index in [4.69, 9.17) is 0 Å². The van der Waals surface area contributed by atoms with Gasteiger partial charge in [-0.2, -0.15) is 17.0 Å². The van der Waals surface area contributed by atoms with Gasteiger partial charge >= 0.3 is 5.97 Å². The summed E-state index contributed by atoms with van der Waals surface area (Å²) in [6.45, 7) is 2.92. The number of carboxylic acids is 1. The number of benzene rings is 1. The molecule has 1 N–H and O–H groups in total. The van der Waals surface area contributed by atoms with Gasteiger partial charge in [0.2, 0.25) is 0 Å². The number of thiophene rings is 1. The molecule has 1 unspecified atom stereocenters. The Kier molecular flexibility index (Phi) is 5.71. The highest BCUT2D eigenvalue weighted by Gasteiger charge is 2.35. The van der Waals surface area contributed by atoms with Gasteiger partial charge in [-0.25, -0.2) is 0 Å². The molecule has 2 aromatic rings. The van der Waals surface area contributed by atoms with Crippen molar-refractivity contribution < 1.29 is 18.3 Å². The Balaban J connectivity index is 1.53. The van der Waals surface area contributed by atoms with Crippen LogP contribution in [0.25, 0.3) is 10.1 Å². The van der Waals surface area contributed by atoms with Gasteiger partial charge in [0.25, 0.3) is 10.2 Å². The minimum Gasteiger partial charge on any atom is -0.480 e. The maximum absolute atomic E-state index is 12.9. The fourth-order valence-electron chi connectivity index (χ4n) is 4.08. The predicted molar refractivity (Wildman–Crippen MR) is 110 cm³/mol. The van der Waals surface area contributed by atoms with Gasteiger partial charge in [0, 0.05) is 48.8 Å². The minimum atomic E-state index is -3.44. The third-order valence-electron chi connectivity index (χ3n) is 5.52. The van der Waals surface area contributed by atoms with Gasteiger partial charge in [0.15, 0.2) is 0 Å². The zero-order valence-electron chi connectivity index (χ0n) is 15.7. The van der Waals surface area contributed by atoms with Gasteiger partial charge < -0.3 is 5.11 Å². The summed E-state index contributed by atoms with van der Waals surface area (Å²) in [5.41, 5.74) is 0. The summed E-state index contributed by atoms with van der Waals surface area (Å²) in [5, 5.41) is 11.0. The molecule has 7 nitrogen and oxygen atoms in total. The molecule has 1 aromatic heterocycles. The molecular weight excluding hydrogens is 398 g/mol. The van der Waals surface area contributed by atoms with Gasteiger partial charge in [-0.05, 0) is 36.8 Å². The number of rotatable bonds is 5. The molecule has 2 aliphatic rings. The monoisotopic (exact) mass is 423 g/mol. The standard InChI is InChI=1S/C19H25N3O4S2/c23-19(24)18(17-14-15-6-1-2-7-16(15)27-17)20-8-5-11-22(13-12-20)28(25,26)21-9-3-4-10-21/h1-2,6-7,14,18H,3-5,8-13H2,(H,23,24). The number of hydrogen-bond donors (Lipinski definition) is 1. The molecular formula is C19H25N3O4S2. The summed E-state index contributed by atoms with van der Waals surface area (Å²) in [5.74, 6) is -0.887. The first-order valence-electron chi connectivity index (χ1n) is 9.67. The lowest BCUT2D eigenvalue weighted by Gasteiger charge is -2.28. The second-order valence-electron chi connectivity index (χ2n) is 7.33. The maximum atomic E-state index is 12.9. The Labute approximate surface area is 169 Å².